The van der Waals surface area contributed by atoms with Gasteiger partial charge in [0, 0.05) is 30.5 Å². The molecule has 0 aromatic heterocycles. The molecule has 2 atom stereocenters. The van der Waals surface area contributed by atoms with Crippen LogP contribution < -0.4 is 4.74 Å². The number of rotatable bonds is 4. The van der Waals surface area contributed by atoms with E-state index < -0.39 is 24.3 Å². The molecule has 0 saturated carbocycles. The molecule has 2 aromatic carbocycles. The van der Waals surface area contributed by atoms with Crippen LogP contribution in [0.2, 0.25) is 0 Å². The monoisotopic (exact) mass is 370 g/mol. The number of carbonyl (C=O) groups is 2. The number of hydrogen-bond donors (Lipinski definition) is 1. The van der Waals surface area contributed by atoms with Gasteiger partial charge in [-0.05, 0) is 23.6 Å². The molecule has 0 radical (unpaired) electrons. The Morgan fingerprint density at radius 1 is 1.07 bits per heavy atom. The average molecular weight is 370 g/mol. The molecule has 0 spiro atoms. The van der Waals surface area contributed by atoms with E-state index in [2.05, 4.69) is 0 Å². The molecule has 0 saturated heterocycles. The molecule has 0 aliphatic carbocycles. The van der Waals surface area contributed by atoms with Gasteiger partial charge in [-0.1, -0.05) is 37.3 Å². The fraction of sp³-hybridized carbons (Fsp3) is 0.333. The Balaban J connectivity index is 2.28. The van der Waals surface area contributed by atoms with Crippen molar-refractivity contribution in [1.29, 1.82) is 0 Å². The zero-order chi connectivity index (χ0) is 19.6. The van der Waals surface area contributed by atoms with Crippen LogP contribution in [0.25, 0.3) is 0 Å². The fourth-order valence-electron chi connectivity index (χ4n) is 3.35. The van der Waals surface area contributed by atoms with Crippen LogP contribution >= 0.6 is 0 Å². The van der Waals surface area contributed by atoms with E-state index in [1.54, 1.807) is 18.2 Å². The number of aryl methyl sites for hydroxylation is 1. The molecule has 1 aliphatic heterocycles. The summed E-state index contributed by atoms with van der Waals surface area (Å²) in [7, 11) is 0. The van der Waals surface area contributed by atoms with E-state index in [1.807, 2.05) is 25.1 Å². The maximum Gasteiger partial charge on any atom is 0.305 e. The molecule has 2 aromatic rings. The Labute approximate surface area is 157 Å². The number of benzene rings is 2. The standard InChI is InChI=1S/C21H22O6/c1-4-15-9-14(11-22)10-18-19(15)20(25-12(2)23)16-7-5-6-8-17(16)21(27-18)26-13(3)24/h5-10,20-22H,4,11H2,1-3H3. The molecule has 1 heterocycles. The molecule has 0 amide bonds. The van der Waals surface area contributed by atoms with Gasteiger partial charge >= 0.3 is 11.9 Å². The first-order chi connectivity index (χ1) is 12.9. The quantitative estimate of drug-likeness (QED) is 0.831. The summed E-state index contributed by atoms with van der Waals surface area (Å²) in [6, 6.07) is 10.8. The van der Waals surface area contributed by atoms with Crippen LogP contribution in [-0.2, 0) is 32.1 Å². The highest BCUT2D eigenvalue weighted by atomic mass is 16.7. The number of hydrogen-bond acceptors (Lipinski definition) is 6. The summed E-state index contributed by atoms with van der Waals surface area (Å²) in [6.45, 7) is 4.48. The van der Waals surface area contributed by atoms with Gasteiger partial charge in [-0.3, -0.25) is 9.59 Å². The molecule has 27 heavy (non-hydrogen) atoms. The minimum atomic E-state index is -0.975. The van der Waals surface area contributed by atoms with E-state index in [0.29, 0.717) is 34.4 Å². The molecule has 0 fully saturated rings. The van der Waals surface area contributed by atoms with Gasteiger partial charge in [0.25, 0.3) is 6.29 Å². The molecule has 3 rings (SSSR count). The van der Waals surface area contributed by atoms with Crippen LogP contribution in [0.4, 0.5) is 0 Å². The lowest BCUT2D eigenvalue weighted by Gasteiger charge is -2.22. The Bertz CT molecular complexity index is 873. The zero-order valence-electron chi connectivity index (χ0n) is 15.5. The number of aliphatic hydroxyl groups excluding tert-OH is 1. The van der Waals surface area contributed by atoms with Gasteiger partial charge in [0.2, 0.25) is 0 Å². The van der Waals surface area contributed by atoms with E-state index in [-0.39, 0.29) is 6.61 Å². The maximum atomic E-state index is 11.8. The molecule has 2 unspecified atom stereocenters. The summed E-state index contributed by atoms with van der Waals surface area (Å²) in [5.74, 6) is -0.497. The third-order valence-corrected chi connectivity index (χ3v) is 4.44. The molecule has 1 aliphatic rings. The number of carbonyl (C=O) groups excluding carboxylic acids is 2. The Hall–Kier alpha value is -2.86. The Morgan fingerprint density at radius 3 is 2.33 bits per heavy atom. The molecule has 1 N–H and O–H groups in total. The number of fused-ring (bicyclic) bond motifs is 2. The highest BCUT2D eigenvalue weighted by molar-refractivity contribution is 5.68. The lowest BCUT2D eigenvalue weighted by Crippen LogP contribution is -2.16. The maximum absolute atomic E-state index is 11.8. The van der Waals surface area contributed by atoms with Crippen LogP contribution in [0, 0.1) is 0 Å². The second-order valence-corrected chi connectivity index (χ2v) is 6.36. The van der Waals surface area contributed by atoms with E-state index >= 15 is 0 Å². The van der Waals surface area contributed by atoms with Crippen LogP contribution in [0.3, 0.4) is 0 Å². The van der Waals surface area contributed by atoms with E-state index in [1.165, 1.54) is 13.8 Å². The zero-order valence-corrected chi connectivity index (χ0v) is 15.5. The average Bonchev–Trinajstić information content (AvgIpc) is 2.76. The smallest absolute Gasteiger partial charge is 0.305 e. The third-order valence-electron chi connectivity index (χ3n) is 4.44. The summed E-state index contributed by atoms with van der Waals surface area (Å²) in [5.41, 5.74) is 3.57. The van der Waals surface area contributed by atoms with Crippen molar-refractivity contribution in [2.24, 2.45) is 0 Å². The predicted octanol–water partition coefficient (Wildman–Crippen LogP) is 3.35. The topological polar surface area (TPSA) is 82.1 Å². The van der Waals surface area contributed by atoms with Gasteiger partial charge in [0.1, 0.15) is 5.75 Å². The number of esters is 2. The van der Waals surface area contributed by atoms with Crippen molar-refractivity contribution in [2.45, 2.75) is 46.2 Å². The molecule has 142 valence electrons. The first-order valence-electron chi connectivity index (χ1n) is 8.81. The minimum absolute atomic E-state index is 0.160. The normalized spacial score (nSPS) is 17.8. The van der Waals surface area contributed by atoms with Crippen molar-refractivity contribution in [3.8, 4) is 5.75 Å². The van der Waals surface area contributed by atoms with Crippen molar-refractivity contribution in [3.63, 3.8) is 0 Å². The lowest BCUT2D eigenvalue weighted by atomic mass is 9.91. The van der Waals surface area contributed by atoms with Gasteiger partial charge in [0.15, 0.2) is 6.10 Å². The predicted molar refractivity (Wildman–Crippen MR) is 96.9 cm³/mol. The summed E-state index contributed by atoms with van der Waals surface area (Å²) in [6.07, 6.45) is -1.02. The molecular weight excluding hydrogens is 348 g/mol. The number of ether oxygens (including phenoxy) is 3. The second kappa shape index (κ2) is 7.80. The van der Waals surface area contributed by atoms with E-state index in [9.17, 15) is 14.7 Å². The Kier molecular flexibility index (Phi) is 5.46. The first kappa shape index (κ1) is 18.9. The number of aliphatic hydroxyl groups is 1. The molecule has 6 heteroatoms. The summed E-state index contributed by atoms with van der Waals surface area (Å²) in [4.78, 5) is 23.5. The highest BCUT2D eigenvalue weighted by Crippen LogP contribution is 2.44. The largest absolute Gasteiger partial charge is 0.453 e. The first-order valence-corrected chi connectivity index (χ1v) is 8.81. The van der Waals surface area contributed by atoms with Crippen LogP contribution in [0.15, 0.2) is 36.4 Å². The van der Waals surface area contributed by atoms with Crippen molar-refractivity contribution < 1.29 is 28.9 Å². The van der Waals surface area contributed by atoms with Crippen LogP contribution in [0.5, 0.6) is 5.75 Å². The van der Waals surface area contributed by atoms with Gasteiger partial charge < -0.3 is 19.3 Å². The van der Waals surface area contributed by atoms with Gasteiger partial charge in [-0.15, -0.1) is 0 Å². The Morgan fingerprint density at radius 2 is 1.74 bits per heavy atom. The van der Waals surface area contributed by atoms with Gasteiger partial charge in [-0.2, -0.15) is 0 Å². The minimum Gasteiger partial charge on any atom is -0.453 e. The highest BCUT2D eigenvalue weighted by Gasteiger charge is 2.35. The van der Waals surface area contributed by atoms with Gasteiger partial charge in [0.05, 0.1) is 6.61 Å². The van der Waals surface area contributed by atoms with Crippen LogP contribution in [0.1, 0.15) is 61.0 Å². The SMILES string of the molecule is CCc1cc(CO)cc2c1C(OC(C)=O)c1ccccc1C(OC(C)=O)O2. The molecule has 6 nitrogen and oxygen atoms in total. The van der Waals surface area contributed by atoms with Crippen molar-refractivity contribution >= 4 is 11.9 Å². The molecular formula is C21H22O6. The van der Waals surface area contributed by atoms with E-state index in [4.69, 9.17) is 14.2 Å². The summed E-state index contributed by atoms with van der Waals surface area (Å²) in [5, 5.41) is 9.60. The van der Waals surface area contributed by atoms with Crippen molar-refractivity contribution in [3.05, 3.63) is 64.2 Å². The summed E-state index contributed by atoms with van der Waals surface area (Å²) >= 11 is 0. The van der Waals surface area contributed by atoms with Crippen LogP contribution in [-0.4, -0.2) is 17.0 Å². The fourth-order valence-corrected chi connectivity index (χ4v) is 3.35. The molecule has 0 bridgehead atoms. The lowest BCUT2D eigenvalue weighted by molar-refractivity contribution is -0.162. The second-order valence-electron chi connectivity index (χ2n) is 6.36. The van der Waals surface area contributed by atoms with Gasteiger partial charge in [-0.25, -0.2) is 0 Å². The van der Waals surface area contributed by atoms with E-state index in [0.717, 1.165) is 5.56 Å². The van der Waals surface area contributed by atoms with Crippen molar-refractivity contribution in [2.75, 3.05) is 0 Å². The summed E-state index contributed by atoms with van der Waals surface area (Å²) < 4.78 is 17.1. The van der Waals surface area contributed by atoms with Crippen molar-refractivity contribution in [1.82, 2.24) is 0 Å². The third kappa shape index (κ3) is 3.80.